The van der Waals surface area contributed by atoms with Crippen molar-refractivity contribution in [1.29, 1.82) is 0 Å². The number of rotatable bonds is 1. The topological polar surface area (TPSA) is 36.4 Å². The summed E-state index contributed by atoms with van der Waals surface area (Å²) < 4.78 is 0. The van der Waals surface area contributed by atoms with E-state index in [2.05, 4.69) is 4.79 Å². The molecule has 2 bridgehead atoms. The van der Waals surface area contributed by atoms with Crippen LogP contribution in [0.3, 0.4) is 0 Å². The number of hydrogen-bond acceptors (Lipinski definition) is 0. The smallest absolute Gasteiger partial charge is 0.263 e. The van der Waals surface area contributed by atoms with Gasteiger partial charge in [0.2, 0.25) is 0 Å². The summed E-state index contributed by atoms with van der Waals surface area (Å²) in [5, 5.41) is 0. The third-order valence-electron chi connectivity index (χ3n) is 3.48. The Morgan fingerprint density at radius 1 is 1.18 bits per heavy atom. The Hall–Kier alpha value is -0.620. The molecule has 2 heteroatoms. The molecule has 3 aliphatic rings. The van der Waals surface area contributed by atoms with Crippen molar-refractivity contribution in [1.82, 2.24) is 0 Å². The van der Waals surface area contributed by atoms with Crippen LogP contribution >= 0.6 is 0 Å². The van der Waals surface area contributed by atoms with Gasteiger partial charge >= 0.3 is 0 Å². The van der Waals surface area contributed by atoms with Crippen LogP contribution in [0.1, 0.15) is 38.5 Å². The van der Waals surface area contributed by atoms with Gasteiger partial charge in [-0.05, 0) is 44.4 Å². The molecule has 3 saturated carbocycles. The first-order chi connectivity index (χ1) is 5.35. The van der Waals surface area contributed by atoms with Crippen LogP contribution in [0.5, 0.6) is 0 Å². The Balaban J connectivity index is 2.17. The second-order valence-corrected chi connectivity index (χ2v) is 4.09. The van der Waals surface area contributed by atoms with Crippen molar-refractivity contribution < 1.29 is 4.79 Å². The highest BCUT2D eigenvalue weighted by molar-refractivity contribution is 5.60. The van der Waals surface area contributed by atoms with Gasteiger partial charge in [0.15, 0.2) is 0 Å². The molecule has 0 aromatic carbocycles. The minimum Gasteiger partial charge on any atom is -0.362 e. The zero-order chi connectivity index (χ0) is 7.73. The minimum absolute atomic E-state index is 0.295. The van der Waals surface area contributed by atoms with Gasteiger partial charge in [-0.3, -0.25) is 0 Å². The van der Waals surface area contributed by atoms with Crippen LogP contribution in [-0.2, 0) is 0 Å². The number of fused-ring (bicyclic) bond motifs is 3. The molecule has 0 saturated heterocycles. The molecule has 0 spiro atoms. The van der Waals surface area contributed by atoms with Gasteiger partial charge in [0.25, 0.3) is 6.21 Å². The summed E-state index contributed by atoms with van der Waals surface area (Å²) in [6, 6.07) is 0. The molecule has 0 aromatic rings. The molecule has 0 radical (unpaired) electrons. The summed E-state index contributed by atoms with van der Waals surface area (Å²) in [4.78, 5) is 3.20. The Bertz CT molecular complexity index is 182. The van der Waals surface area contributed by atoms with Crippen LogP contribution in [-0.4, -0.2) is 11.0 Å². The molecule has 0 aliphatic heterocycles. The fraction of sp³-hybridized carbons (Fsp3) is 0.889. The quantitative estimate of drug-likeness (QED) is 0.312. The van der Waals surface area contributed by atoms with Crippen molar-refractivity contribution in [2.75, 3.05) is 0 Å². The lowest BCUT2D eigenvalue weighted by molar-refractivity contribution is -0.0224. The van der Waals surface area contributed by atoms with Crippen LogP contribution in [0.2, 0.25) is 0 Å². The molecule has 0 atom stereocenters. The lowest BCUT2D eigenvalue weighted by Gasteiger charge is -2.41. The van der Waals surface area contributed by atoms with E-state index in [1.807, 2.05) is 0 Å². The van der Waals surface area contributed by atoms with Gasteiger partial charge in [-0.1, -0.05) is 0 Å². The van der Waals surface area contributed by atoms with Gasteiger partial charge in [-0.2, -0.15) is 4.79 Å². The standard InChI is InChI=1S/C9H14N2/c10-11-7-9-4-1-8(2-5-9)3-6-9/h7-8H,1-6H2. The van der Waals surface area contributed by atoms with Crippen LogP contribution < -0.4 is 0 Å². The summed E-state index contributed by atoms with van der Waals surface area (Å²) in [6.45, 7) is 0. The number of hydrogen-bond donors (Lipinski definition) is 0. The van der Waals surface area contributed by atoms with E-state index < -0.39 is 0 Å². The minimum atomic E-state index is 0.295. The summed E-state index contributed by atoms with van der Waals surface area (Å²) in [5.41, 5.74) is 8.80. The zero-order valence-electron chi connectivity index (χ0n) is 6.79. The van der Waals surface area contributed by atoms with Crippen LogP contribution in [0, 0.1) is 11.3 Å². The van der Waals surface area contributed by atoms with E-state index >= 15 is 0 Å². The molecule has 3 aliphatic carbocycles. The first-order valence-corrected chi connectivity index (χ1v) is 4.53. The average Bonchev–Trinajstić information content (AvgIpc) is 2.07. The maximum absolute atomic E-state index is 8.50. The second kappa shape index (κ2) is 2.46. The third-order valence-corrected chi connectivity index (χ3v) is 3.48. The number of nitrogens with zero attached hydrogens (tertiary/aromatic N) is 2. The van der Waals surface area contributed by atoms with E-state index in [1.54, 1.807) is 6.21 Å². The maximum Gasteiger partial charge on any atom is 0.263 e. The van der Waals surface area contributed by atoms with Gasteiger partial charge in [0, 0.05) is 0 Å². The average molecular weight is 150 g/mol. The van der Waals surface area contributed by atoms with E-state index in [9.17, 15) is 0 Å². The Labute approximate surface area is 67.2 Å². The van der Waals surface area contributed by atoms with Crippen LogP contribution in [0.4, 0.5) is 0 Å². The Morgan fingerprint density at radius 3 is 2.18 bits per heavy atom. The monoisotopic (exact) mass is 150 g/mol. The van der Waals surface area contributed by atoms with Crippen molar-refractivity contribution in [3.63, 3.8) is 0 Å². The molecule has 60 valence electrons. The SMILES string of the molecule is [N-]=[N+]=CC12CCC(CC1)CC2. The lowest BCUT2D eigenvalue weighted by Crippen LogP contribution is -2.35. The van der Waals surface area contributed by atoms with E-state index in [1.165, 1.54) is 38.5 Å². The first kappa shape index (κ1) is 7.05. The van der Waals surface area contributed by atoms with E-state index in [0.717, 1.165) is 5.92 Å². The predicted octanol–water partition coefficient (Wildman–Crippen LogP) is 2.26. The van der Waals surface area contributed by atoms with Crippen LogP contribution in [0.15, 0.2) is 0 Å². The van der Waals surface area contributed by atoms with E-state index in [0.29, 0.717) is 5.41 Å². The largest absolute Gasteiger partial charge is 0.362 e. The van der Waals surface area contributed by atoms with E-state index in [-0.39, 0.29) is 0 Å². The highest BCUT2D eigenvalue weighted by Gasteiger charge is 2.42. The molecule has 0 amide bonds. The molecular weight excluding hydrogens is 136 g/mol. The van der Waals surface area contributed by atoms with Gasteiger partial charge in [-0.15, -0.1) is 0 Å². The highest BCUT2D eigenvalue weighted by Crippen LogP contribution is 2.48. The molecule has 2 nitrogen and oxygen atoms in total. The molecule has 3 rings (SSSR count). The van der Waals surface area contributed by atoms with Crippen molar-refractivity contribution in [2.24, 2.45) is 11.3 Å². The molecule has 0 unspecified atom stereocenters. The normalized spacial score (nSPS) is 41.6. The maximum atomic E-state index is 8.50. The predicted molar refractivity (Wildman–Crippen MR) is 43.3 cm³/mol. The highest BCUT2D eigenvalue weighted by atomic mass is 14.8. The summed E-state index contributed by atoms with van der Waals surface area (Å²) in [7, 11) is 0. The summed E-state index contributed by atoms with van der Waals surface area (Å²) in [5.74, 6) is 0.990. The van der Waals surface area contributed by atoms with Crippen molar-refractivity contribution in [2.45, 2.75) is 38.5 Å². The van der Waals surface area contributed by atoms with Crippen molar-refractivity contribution in [3.05, 3.63) is 5.53 Å². The van der Waals surface area contributed by atoms with Crippen molar-refractivity contribution >= 4 is 6.21 Å². The lowest BCUT2D eigenvalue weighted by atomic mass is 9.61. The summed E-state index contributed by atoms with van der Waals surface area (Å²) in [6.07, 6.45) is 9.59. The molecular formula is C9H14N2. The van der Waals surface area contributed by atoms with Crippen molar-refractivity contribution in [3.8, 4) is 0 Å². The summed E-state index contributed by atoms with van der Waals surface area (Å²) >= 11 is 0. The fourth-order valence-electron chi connectivity index (χ4n) is 2.60. The molecule has 0 heterocycles. The van der Waals surface area contributed by atoms with Gasteiger partial charge < -0.3 is 5.53 Å². The molecule has 3 fully saturated rings. The molecule has 0 aromatic heterocycles. The first-order valence-electron chi connectivity index (χ1n) is 4.53. The fourth-order valence-corrected chi connectivity index (χ4v) is 2.60. The van der Waals surface area contributed by atoms with Gasteiger partial charge in [0.1, 0.15) is 0 Å². The molecule has 11 heavy (non-hydrogen) atoms. The van der Waals surface area contributed by atoms with Crippen LogP contribution in [0.25, 0.3) is 5.53 Å². The zero-order valence-corrected chi connectivity index (χ0v) is 6.79. The van der Waals surface area contributed by atoms with Gasteiger partial charge in [0.05, 0.1) is 5.41 Å². The Kier molecular flexibility index (Phi) is 1.57. The third kappa shape index (κ3) is 1.12. The van der Waals surface area contributed by atoms with E-state index in [4.69, 9.17) is 5.53 Å². The second-order valence-electron chi connectivity index (χ2n) is 4.09. The van der Waals surface area contributed by atoms with Gasteiger partial charge in [-0.25, -0.2) is 0 Å². The molecule has 0 N–H and O–H groups in total. The Morgan fingerprint density at radius 2 is 1.73 bits per heavy atom.